The van der Waals surface area contributed by atoms with Gasteiger partial charge in [-0.3, -0.25) is 36.7 Å². The monoisotopic (exact) mass is 855 g/mol. The zero-order valence-electron chi connectivity index (χ0n) is 28.3. The van der Waals surface area contributed by atoms with Crippen molar-refractivity contribution in [1.82, 2.24) is 30.2 Å². The van der Waals surface area contributed by atoms with Crippen LogP contribution < -0.4 is 16.4 Å². The lowest BCUT2D eigenvalue weighted by Gasteiger charge is -2.30. The number of carboxylic acid groups (broad SMARTS) is 1. The van der Waals surface area contributed by atoms with Crippen molar-refractivity contribution >= 4 is 69.0 Å². The topological polar surface area (TPSA) is 401 Å². The van der Waals surface area contributed by atoms with Gasteiger partial charge in [-0.05, 0) is 0 Å². The van der Waals surface area contributed by atoms with E-state index < -0.39 is 101 Å². The van der Waals surface area contributed by atoms with Gasteiger partial charge < -0.3 is 56.0 Å². The van der Waals surface area contributed by atoms with Gasteiger partial charge in [0.25, 0.3) is 0 Å². The van der Waals surface area contributed by atoms with Crippen LogP contribution in [0.2, 0.25) is 0 Å². The Morgan fingerprint density at radius 2 is 1.70 bits per heavy atom. The molecule has 0 bridgehead atoms. The van der Waals surface area contributed by atoms with E-state index in [1.807, 2.05) is 0 Å². The Balaban J connectivity index is 1.51. The number of phosphoric ester groups is 3. The number of nitrogens with one attached hydrogen (secondary N) is 2. The van der Waals surface area contributed by atoms with E-state index in [-0.39, 0.29) is 54.4 Å². The molecule has 0 spiro atoms. The van der Waals surface area contributed by atoms with Crippen molar-refractivity contribution in [2.75, 3.05) is 43.5 Å². The Labute approximate surface area is 307 Å². The molecule has 8 atom stereocenters. The van der Waals surface area contributed by atoms with Crippen LogP contribution in [0.5, 0.6) is 0 Å². The fourth-order valence-electron chi connectivity index (χ4n) is 4.55. The number of carbonyl (C=O) groups excluding carboxylic acids is 2. The summed E-state index contributed by atoms with van der Waals surface area (Å²) in [5.74, 6) is -2.80. The fourth-order valence-corrected chi connectivity index (χ4v) is 8.31. The molecule has 1 fully saturated rings. The number of imidazole rings is 1. The number of aliphatic hydroxyl groups is 2. The van der Waals surface area contributed by atoms with E-state index in [2.05, 4.69) is 34.4 Å². The second-order valence-electron chi connectivity index (χ2n) is 12.1. The maximum absolute atomic E-state index is 12.6. The number of nitrogens with zero attached hydrogens (tertiary/aromatic N) is 4. The molecule has 54 heavy (non-hydrogen) atoms. The van der Waals surface area contributed by atoms with Crippen LogP contribution in [0, 0.1) is 5.41 Å². The number of aliphatic hydroxyl groups excluding tert-OH is 2. The molecule has 2 aromatic heterocycles. The minimum atomic E-state index is -5.59. The Morgan fingerprint density at radius 1 is 1.04 bits per heavy atom. The molecule has 30 heteroatoms. The Morgan fingerprint density at radius 3 is 2.35 bits per heavy atom. The molecular formula is C24H40N7O19P3S. The number of anilines is 1. The number of carbonyl (C=O) groups is 3. The van der Waals surface area contributed by atoms with Crippen LogP contribution in [0.25, 0.3) is 11.2 Å². The molecule has 3 heterocycles. The molecule has 26 nitrogen and oxygen atoms in total. The zero-order chi connectivity index (χ0) is 40.6. The standard InChI is InChI=1S/C24H40N7O19P3S/c1-24(2,19(36)22(37)27-5-3-14(32)26-6-8-54(45)7-4-15(33)34)10-47-53(43,44)50-52(41,42)46-9-13-18(49-51(38,39)40)17(35)23(48-13)31-12-30-16-20(25)28-11-29-21(16)31/h11-13,17-19,23,35-36H,3-10H2,1-2H3,(H,26,32)(H,27,37)(H,33,34)(H,41,42)(H,43,44)(H2,25,28,29)(H2,38,39,40)/t13-,17-,18-,19?,23-,54?/m1/s1. The average Bonchev–Trinajstić information content (AvgIpc) is 3.61. The number of aromatic nitrogens is 4. The number of hydrogen-bond donors (Lipinski definition) is 10. The van der Waals surface area contributed by atoms with Crippen LogP contribution in [0.3, 0.4) is 0 Å². The van der Waals surface area contributed by atoms with Crippen molar-refractivity contribution in [3.8, 4) is 0 Å². The summed E-state index contributed by atoms with van der Waals surface area (Å²) in [6.45, 7) is 0.0874. The predicted molar refractivity (Wildman–Crippen MR) is 180 cm³/mol. The lowest BCUT2D eigenvalue weighted by molar-refractivity contribution is -0.137. The largest absolute Gasteiger partial charge is 0.481 e. The van der Waals surface area contributed by atoms with E-state index in [0.29, 0.717) is 0 Å². The third-order valence-corrected chi connectivity index (χ3v) is 11.7. The predicted octanol–water partition coefficient (Wildman–Crippen LogP) is -2.37. The SMILES string of the molecule is CC(C)(COP(=O)(O)OP(=O)(O)OC[C@H]1O[C@@H](n2cnc3c(N)ncnc32)[C@H](O)[C@@H]1OP(=O)(O)O)C(O)C(=O)NCCC(=O)NCCS(=O)CCC(=O)O. The molecule has 3 rings (SSSR count). The van der Waals surface area contributed by atoms with Gasteiger partial charge in [-0.1, -0.05) is 13.8 Å². The minimum absolute atomic E-state index is 0.0130. The van der Waals surface area contributed by atoms with Gasteiger partial charge in [0.1, 0.15) is 36.3 Å². The molecule has 11 N–H and O–H groups in total. The van der Waals surface area contributed by atoms with Crippen molar-refractivity contribution in [3.63, 3.8) is 0 Å². The first-order valence-corrected chi connectivity index (χ1v) is 21.4. The number of carboxylic acids is 1. The van der Waals surface area contributed by atoms with Crippen molar-refractivity contribution in [2.45, 2.75) is 57.3 Å². The number of aliphatic carboxylic acids is 1. The fraction of sp³-hybridized carbons (Fsp3) is 0.667. The highest BCUT2D eigenvalue weighted by atomic mass is 32.2. The normalized spacial score (nSPS) is 22.6. The first kappa shape index (κ1) is 45.5. The maximum Gasteiger partial charge on any atom is 0.481 e. The van der Waals surface area contributed by atoms with Crippen LogP contribution in [0.4, 0.5) is 5.82 Å². The summed E-state index contributed by atoms with van der Waals surface area (Å²) in [4.78, 5) is 85.7. The first-order valence-electron chi connectivity index (χ1n) is 15.4. The second-order valence-corrected chi connectivity index (χ2v) is 18.0. The number of hydrogen-bond acceptors (Lipinski definition) is 18. The highest BCUT2D eigenvalue weighted by Gasteiger charge is 2.50. The second kappa shape index (κ2) is 18.9. The zero-order valence-corrected chi connectivity index (χ0v) is 31.8. The number of phosphoric acid groups is 3. The third-order valence-electron chi connectivity index (χ3n) is 7.27. The highest BCUT2D eigenvalue weighted by molar-refractivity contribution is 7.85. The quantitative estimate of drug-likeness (QED) is 0.0553. The van der Waals surface area contributed by atoms with Gasteiger partial charge in [0, 0.05) is 47.2 Å². The summed E-state index contributed by atoms with van der Waals surface area (Å²) in [5, 5.41) is 34.7. The molecule has 306 valence electrons. The van der Waals surface area contributed by atoms with E-state index in [9.17, 15) is 62.1 Å². The molecule has 2 aromatic rings. The first-order chi connectivity index (χ1) is 24.9. The van der Waals surface area contributed by atoms with E-state index >= 15 is 0 Å². The van der Waals surface area contributed by atoms with Crippen LogP contribution in [-0.2, 0) is 61.5 Å². The van der Waals surface area contributed by atoms with Crippen LogP contribution in [0.1, 0.15) is 32.9 Å². The molecule has 4 unspecified atom stereocenters. The Kier molecular flexibility index (Phi) is 15.9. The van der Waals surface area contributed by atoms with Crippen molar-refractivity contribution in [3.05, 3.63) is 12.7 Å². The Bertz CT molecular complexity index is 1830. The van der Waals surface area contributed by atoms with E-state index in [1.165, 1.54) is 13.8 Å². The number of ether oxygens (including phenoxy) is 1. The van der Waals surface area contributed by atoms with E-state index in [0.717, 1.165) is 17.2 Å². The number of amides is 2. The molecule has 1 saturated heterocycles. The van der Waals surface area contributed by atoms with E-state index in [4.69, 9.17) is 24.6 Å². The summed E-state index contributed by atoms with van der Waals surface area (Å²) < 4.78 is 73.5. The van der Waals surface area contributed by atoms with Gasteiger partial charge in [-0.15, -0.1) is 0 Å². The molecule has 0 aromatic carbocycles. The summed E-state index contributed by atoms with van der Waals surface area (Å²) in [5.41, 5.74) is 4.19. The molecule has 0 radical (unpaired) electrons. The van der Waals surface area contributed by atoms with Gasteiger partial charge in [0.2, 0.25) is 11.8 Å². The lowest BCUT2D eigenvalue weighted by Crippen LogP contribution is -2.46. The van der Waals surface area contributed by atoms with Crippen molar-refractivity contribution in [2.24, 2.45) is 5.41 Å². The molecule has 0 saturated carbocycles. The van der Waals surface area contributed by atoms with Crippen molar-refractivity contribution in [1.29, 1.82) is 0 Å². The summed E-state index contributed by atoms with van der Waals surface area (Å²) in [7, 11) is -17.9. The molecule has 2 amide bonds. The smallest absolute Gasteiger partial charge is 0.481 e. The summed E-state index contributed by atoms with van der Waals surface area (Å²) in [6.07, 6.45) is -7.41. The van der Waals surface area contributed by atoms with Crippen molar-refractivity contribution < 1.29 is 89.8 Å². The number of rotatable bonds is 22. The minimum Gasteiger partial charge on any atom is -0.481 e. The van der Waals surface area contributed by atoms with Gasteiger partial charge in [0.15, 0.2) is 17.7 Å². The van der Waals surface area contributed by atoms with Gasteiger partial charge in [-0.25, -0.2) is 28.6 Å². The molecule has 1 aliphatic rings. The third kappa shape index (κ3) is 13.7. The number of fused-ring (bicyclic) bond motifs is 1. The Hall–Kier alpha value is -2.84. The summed E-state index contributed by atoms with van der Waals surface area (Å²) >= 11 is 0. The molecular weight excluding hydrogens is 815 g/mol. The van der Waals surface area contributed by atoms with Crippen LogP contribution >= 0.6 is 23.5 Å². The van der Waals surface area contributed by atoms with Crippen LogP contribution in [-0.4, -0.2) is 139 Å². The van der Waals surface area contributed by atoms with Crippen LogP contribution in [0.15, 0.2) is 12.7 Å². The van der Waals surface area contributed by atoms with E-state index in [1.54, 1.807) is 0 Å². The summed E-state index contributed by atoms with van der Waals surface area (Å²) in [6, 6.07) is 0. The maximum atomic E-state index is 12.6. The average molecular weight is 856 g/mol. The number of nitrogen functional groups attached to an aromatic ring is 1. The van der Waals surface area contributed by atoms with Gasteiger partial charge in [-0.2, -0.15) is 4.31 Å². The van der Waals surface area contributed by atoms with Gasteiger partial charge in [0.05, 0.1) is 26.0 Å². The van der Waals surface area contributed by atoms with Gasteiger partial charge >= 0.3 is 29.4 Å². The molecule has 0 aliphatic carbocycles. The highest BCUT2D eigenvalue weighted by Crippen LogP contribution is 2.61. The number of nitrogens with two attached hydrogens (primary N) is 1. The molecule has 1 aliphatic heterocycles. The lowest BCUT2D eigenvalue weighted by atomic mass is 9.87.